The normalized spacial score (nSPS) is 13.6. The first-order valence-corrected chi connectivity index (χ1v) is 13.7. The molecule has 0 spiro atoms. The van der Waals surface area contributed by atoms with E-state index in [2.05, 4.69) is 4.90 Å². The number of hydrogen-bond acceptors (Lipinski definition) is 5. The van der Waals surface area contributed by atoms with Crippen LogP contribution in [0.2, 0.25) is 10.0 Å². The number of benzene rings is 3. The molecule has 1 N–H and O–H groups in total. The molecule has 200 valence electrons. The molecule has 0 unspecified atom stereocenters. The third-order valence-electron chi connectivity index (χ3n) is 6.92. The van der Waals surface area contributed by atoms with Gasteiger partial charge in [-0.3, -0.25) is 9.59 Å². The summed E-state index contributed by atoms with van der Waals surface area (Å²) in [6.07, 6.45) is 1.91. The molecule has 2 heterocycles. The van der Waals surface area contributed by atoms with Crippen molar-refractivity contribution in [1.29, 1.82) is 0 Å². The Morgan fingerprint density at radius 1 is 0.846 bits per heavy atom. The average molecular weight is 563 g/mol. The number of amides is 1. The molecular formula is C30H28Cl2N4O3. The maximum absolute atomic E-state index is 13.4. The zero-order valence-corrected chi connectivity index (χ0v) is 22.8. The number of carboxylic acids is 1. The van der Waals surface area contributed by atoms with Crippen molar-refractivity contribution in [2.75, 3.05) is 31.1 Å². The summed E-state index contributed by atoms with van der Waals surface area (Å²) in [6.45, 7) is 2.60. The van der Waals surface area contributed by atoms with Crippen LogP contribution in [0.25, 0.3) is 22.3 Å². The van der Waals surface area contributed by atoms with Crippen molar-refractivity contribution in [3.05, 3.63) is 88.0 Å². The molecule has 1 aliphatic rings. The lowest BCUT2D eigenvalue weighted by Crippen LogP contribution is -2.48. The second kappa shape index (κ2) is 12.0. The maximum atomic E-state index is 13.4. The number of halogens is 2. The van der Waals surface area contributed by atoms with Crippen LogP contribution in [0.4, 0.5) is 5.69 Å². The van der Waals surface area contributed by atoms with Crippen LogP contribution >= 0.6 is 23.2 Å². The largest absolute Gasteiger partial charge is 0.481 e. The van der Waals surface area contributed by atoms with Crippen LogP contribution in [0.3, 0.4) is 0 Å². The van der Waals surface area contributed by atoms with E-state index in [0.717, 1.165) is 22.6 Å². The van der Waals surface area contributed by atoms with E-state index in [1.165, 1.54) is 0 Å². The lowest BCUT2D eigenvalue weighted by Gasteiger charge is -2.36. The summed E-state index contributed by atoms with van der Waals surface area (Å²) < 4.78 is 0. The van der Waals surface area contributed by atoms with Gasteiger partial charge in [-0.05, 0) is 61.7 Å². The number of anilines is 1. The third kappa shape index (κ3) is 6.32. The van der Waals surface area contributed by atoms with Crippen molar-refractivity contribution in [3.8, 4) is 11.3 Å². The van der Waals surface area contributed by atoms with E-state index in [1.807, 2.05) is 59.5 Å². The van der Waals surface area contributed by atoms with Crippen LogP contribution in [-0.4, -0.2) is 58.0 Å². The minimum Gasteiger partial charge on any atom is -0.481 e. The number of aryl methyl sites for hydroxylation is 1. The van der Waals surface area contributed by atoms with E-state index in [1.54, 1.807) is 12.1 Å². The summed E-state index contributed by atoms with van der Waals surface area (Å²) in [5.41, 5.74) is 5.28. The van der Waals surface area contributed by atoms with E-state index in [9.17, 15) is 9.59 Å². The number of carboxylic acid groups (broad SMARTS) is 1. The molecular weight excluding hydrogens is 535 g/mol. The zero-order valence-electron chi connectivity index (χ0n) is 21.3. The van der Waals surface area contributed by atoms with Crippen molar-refractivity contribution in [2.24, 2.45) is 0 Å². The molecule has 0 atom stereocenters. The molecule has 0 radical (unpaired) electrons. The Balaban J connectivity index is 1.37. The molecule has 0 bridgehead atoms. The van der Waals surface area contributed by atoms with E-state index in [4.69, 9.17) is 38.3 Å². The number of hydrogen-bond donors (Lipinski definition) is 1. The number of nitrogens with zero attached hydrogens (tertiary/aromatic N) is 4. The Morgan fingerprint density at radius 3 is 2.31 bits per heavy atom. The van der Waals surface area contributed by atoms with E-state index in [0.29, 0.717) is 72.1 Å². The summed E-state index contributed by atoms with van der Waals surface area (Å²) in [4.78, 5) is 38.2. The summed E-state index contributed by atoms with van der Waals surface area (Å²) >= 11 is 12.5. The van der Waals surface area contributed by atoms with Gasteiger partial charge in [0.2, 0.25) is 0 Å². The molecule has 1 aliphatic heterocycles. The number of aromatic nitrogens is 2. The summed E-state index contributed by atoms with van der Waals surface area (Å²) in [5, 5.41) is 10.3. The van der Waals surface area contributed by atoms with E-state index >= 15 is 0 Å². The lowest BCUT2D eigenvalue weighted by molar-refractivity contribution is -0.137. The lowest BCUT2D eigenvalue weighted by atomic mass is 10.0. The fraction of sp³-hybridized carbons (Fsp3) is 0.267. The van der Waals surface area contributed by atoms with Crippen molar-refractivity contribution in [2.45, 2.75) is 25.7 Å². The summed E-state index contributed by atoms with van der Waals surface area (Å²) in [6, 6.07) is 20.6. The topological polar surface area (TPSA) is 86.6 Å². The SMILES string of the molecule is O=C(O)CCCCc1nc2cc(C(=O)N3CCN(c4ccccc4Cl)CC3)ccc2nc1-c1ccc(Cl)cc1. The molecule has 1 amide bonds. The number of aliphatic carboxylic acids is 1. The molecule has 39 heavy (non-hydrogen) atoms. The summed E-state index contributed by atoms with van der Waals surface area (Å²) in [5.74, 6) is -0.851. The average Bonchev–Trinajstić information content (AvgIpc) is 2.95. The van der Waals surface area contributed by atoms with Crippen LogP contribution in [-0.2, 0) is 11.2 Å². The predicted molar refractivity (Wildman–Crippen MR) is 155 cm³/mol. The highest BCUT2D eigenvalue weighted by Gasteiger charge is 2.24. The first-order chi connectivity index (χ1) is 18.9. The molecule has 0 saturated carbocycles. The maximum Gasteiger partial charge on any atom is 0.303 e. The highest BCUT2D eigenvalue weighted by Crippen LogP contribution is 2.28. The molecule has 1 fully saturated rings. The number of para-hydroxylation sites is 1. The number of fused-ring (bicyclic) bond motifs is 1. The van der Waals surface area contributed by atoms with Gasteiger partial charge in [-0.1, -0.05) is 47.5 Å². The van der Waals surface area contributed by atoms with Gasteiger partial charge in [0.25, 0.3) is 5.91 Å². The highest BCUT2D eigenvalue weighted by molar-refractivity contribution is 6.33. The van der Waals surface area contributed by atoms with Crippen LogP contribution < -0.4 is 4.90 Å². The van der Waals surface area contributed by atoms with Crippen molar-refractivity contribution >= 4 is 51.8 Å². The van der Waals surface area contributed by atoms with Gasteiger partial charge in [-0.15, -0.1) is 0 Å². The first kappa shape index (κ1) is 26.9. The predicted octanol–water partition coefficient (Wildman–Crippen LogP) is 6.36. The van der Waals surface area contributed by atoms with E-state index < -0.39 is 5.97 Å². The Hall–Kier alpha value is -3.68. The number of carbonyl (C=O) groups is 2. The molecule has 1 aromatic heterocycles. The van der Waals surface area contributed by atoms with Gasteiger partial charge in [0.1, 0.15) is 0 Å². The molecule has 4 aromatic rings. The van der Waals surface area contributed by atoms with Gasteiger partial charge >= 0.3 is 5.97 Å². The van der Waals surface area contributed by atoms with Gasteiger partial charge < -0.3 is 14.9 Å². The van der Waals surface area contributed by atoms with Gasteiger partial charge in [0.05, 0.1) is 33.1 Å². The highest BCUT2D eigenvalue weighted by atomic mass is 35.5. The Bertz CT molecular complexity index is 1500. The minimum atomic E-state index is -0.812. The quantitative estimate of drug-likeness (QED) is 0.251. The van der Waals surface area contributed by atoms with Crippen LogP contribution in [0, 0.1) is 0 Å². The van der Waals surface area contributed by atoms with Gasteiger partial charge in [-0.2, -0.15) is 0 Å². The monoisotopic (exact) mass is 562 g/mol. The smallest absolute Gasteiger partial charge is 0.303 e. The Kier molecular flexibility index (Phi) is 8.29. The van der Waals surface area contributed by atoms with Crippen LogP contribution in [0.1, 0.15) is 35.3 Å². The molecule has 5 rings (SSSR count). The van der Waals surface area contributed by atoms with Crippen molar-refractivity contribution in [1.82, 2.24) is 14.9 Å². The van der Waals surface area contributed by atoms with Gasteiger partial charge in [-0.25, -0.2) is 9.97 Å². The first-order valence-electron chi connectivity index (χ1n) is 13.0. The Morgan fingerprint density at radius 2 is 1.59 bits per heavy atom. The number of rotatable bonds is 8. The Labute approximate surface area is 237 Å². The van der Waals surface area contributed by atoms with Crippen LogP contribution in [0.5, 0.6) is 0 Å². The van der Waals surface area contributed by atoms with Gasteiger partial charge in [0, 0.05) is 48.7 Å². The van der Waals surface area contributed by atoms with E-state index in [-0.39, 0.29) is 12.3 Å². The van der Waals surface area contributed by atoms with Crippen LogP contribution in [0.15, 0.2) is 66.7 Å². The number of unbranched alkanes of at least 4 members (excludes halogenated alkanes) is 1. The molecule has 3 aromatic carbocycles. The molecule has 9 heteroatoms. The summed E-state index contributed by atoms with van der Waals surface area (Å²) in [7, 11) is 0. The van der Waals surface area contributed by atoms with Crippen molar-refractivity contribution < 1.29 is 14.7 Å². The zero-order chi connectivity index (χ0) is 27.4. The second-order valence-electron chi connectivity index (χ2n) is 9.56. The number of piperazine rings is 1. The fourth-order valence-electron chi connectivity index (χ4n) is 4.85. The molecule has 1 saturated heterocycles. The number of carbonyl (C=O) groups excluding carboxylic acids is 1. The van der Waals surface area contributed by atoms with Crippen molar-refractivity contribution in [3.63, 3.8) is 0 Å². The minimum absolute atomic E-state index is 0.0395. The fourth-order valence-corrected chi connectivity index (χ4v) is 5.23. The molecule has 0 aliphatic carbocycles. The standard InChI is InChI=1S/C30H28Cl2N4O3/c31-22-12-9-20(10-13-22)29-25(6-2-4-8-28(37)38)33-26-19-21(11-14-24(26)34-29)30(39)36-17-15-35(16-18-36)27-7-3-1-5-23(27)32/h1,3,5,7,9-14,19H,2,4,6,8,15-18H2,(H,37,38). The third-order valence-corrected chi connectivity index (χ3v) is 7.49. The molecule has 7 nitrogen and oxygen atoms in total. The van der Waals surface area contributed by atoms with Gasteiger partial charge in [0.15, 0.2) is 0 Å². The second-order valence-corrected chi connectivity index (χ2v) is 10.4.